The molecule has 0 bridgehead atoms. The predicted octanol–water partition coefficient (Wildman–Crippen LogP) is 2.16. The van der Waals surface area contributed by atoms with Crippen molar-refractivity contribution in [2.75, 3.05) is 6.61 Å². The first-order valence-electron chi connectivity index (χ1n) is 5.29. The molecular weight excluding hydrogens is 208 g/mol. The lowest BCUT2D eigenvalue weighted by atomic mass is 10.1. The molecule has 0 aliphatic carbocycles. The van der Waals surface area contributed by atoms with E-state index >= 15 is 0 Å². The lowest BCUT2D eigenvalue weighted by Crippen LogP contribution is -2.03. The summed E-state index contributed by atoms with van der Waals surface area (Å²) >= 11 is 0. The van der Waals surface area contributed by atoms with Crippen LogP contribution >= 0.6 is 0 Å². The molecule has 0 aromatic carbocycles. The second-order valence-electron chi connectivity index (χ2n) is 3.29. The Morgan fingerprint density at radius 3 is 2.50 bits per heavy atom. The Labute approximate surface area is 95.6 Å². The van der Waals surface area contributed by atoms with Gasteiger partial charge in [0, 0.05) is 24.5 Å². The molecule has 0 rings (SSSR count). The molecule has 0 aromatic rings. The minimum Gasteiger partial charge on any atom is -0.512 e. The van der Waals surface area contributed by atoms with Gasteiger partial charge in [0.25, 0.3) is 0 Å². The van der Waals surface area contributed by atoms with E-state index in [-0.39, 0.29) is 17.5 Å². The minimum absolute atomic E-state index is 0.0487. The molecule has 0 aromatic heterocycles. The molecule has 0 fully saturated rings. The third-order valence-electron chi connectivity index (χ3n) is 1.93. The molecule has 1 unspecified atom stereocenters. The highest BCUT2D eigenvalue weighted by atomic mass is 16.5. The van der Waals surface area contributed by atoms with Crippen LogP contribution in [0.5, 0.6) is 0 Å². The number of aliphatic hydroxyl groups is 1. The molecule has 0 spiro atoms. The maximum atomic E-state index is 11.0. The lowest BCUT2D eigenvalue weighted by Gasteiger charge is -2.04. The standard InChI is InChI=1S/C12H18O4/c1-4-10(13)8-11(14)9(3)6-7-12(15)16-5-2/h6-9,14H,4-5H2,1-3H3/b7-6-,11-8-. The van der Waals surface area contributed by atoms with E-state index in [1.807, 2.05) is 0 Å². The molecule has 16 heavy (non-hydrogen) atoms. The quantitative estimate of drug-likeness (QED) is 0.428. The normalized spacial score (nSPS) is 13.8. The van der Waals surface area contributed by atoms with Crippen LogP contribution in [-0.4, -0.2) is 23.5 Å². The van der Waals surface area contributed by atoms with Gasteiger partial charge in [-0.1, -0.05) is 19.9 Å². The maximum Gasteiger partial charge on any atom is 0.330 e. The largest absolute Gasteiger partial charge is 0.512 e. The predicted molar refractivity (Wildman–Crippen MR) is 60.9 cm³/mol. The van der Waals surface area contributed by atoms with Crippen molar-refractivity contribution in [3.05, 3.63) is 24.0 Å². The number of carbonyl (C=O) groups excluding carboxylic acids is 2. The van der Waals surface area contributed by atoms with Gasteiger partial charge >= 0.3 is 5.97 Å². The van der Waals surface area contributed by atoms with Crippen molar-refractivity contribution in [1.29, 1.82) is 0 Å². The number of allylic oxidation sites excluding steroid dienone is 2. The lowest BCUT2D eigenvalue weighted by molar-refractivity contribution is -0.137. The summed E-state index contributed by atoms with van der Waals surface area (Å²) in [6, 6.07) is 0. The summed E-state index contributed by atoms with van der Waals surface area (Å²) in [6.07, 6.45) is 4.26. The number of rotatable bonds is 6. The van der Waals surface area contributed by atoms with Gasteiger partial charge < -0.3 is 9.84 Å². The molecule has 0 amide bonds. The number of esters is 1. The second kappa shape index (κ2) is 7.68. The molecule has 1 N–H and O–H groups in total. The molecule has 0 saturated carbocycles. The smallest absolute Gasteiger partial charge is 0.330 e. The topological polar surface area (TPSA) is 63.6 Å². The van der Waals surface area contributed by atoms with Crippen LogP contribution in [0.1, 0.15) is 27.2 Å². The van der Waals surface area contributed by atoms with Gasteiger partial charge in [0.05, 0.1) is 6.61 Å². The minimum atomic E-state index is -0.455. The molecule has 0 radical (unpaired) electrons. The average molecular weight is 226 g/mol. The summed E-state index contributed by atoms with van der Waals surface area (Å²) in [4.78, 5) is 22.0. The Balaban J connectivity index is 4.35. The zero-order chi connectivity index (χ0) is 12.6. The zero-order valence-corrected chi connectivity index (χ0v) is 9.90. The van der Waals surface area contributed by atoms with Crippen molar-refractivity contribution in [1.82, 2.24) is 0 Å². The second-order valence-corrected chi connectivity index (χ2v) is 3.29. The number of hydrogen-bond donors (Lipinski definition) is 1. The van der Waals surface area contributed by atoms with E-state index in [0.717, 1.165) is 0 Å². The molecular formula is C12H18O4. The Morgan fingerprint density at radius 2 is 2.00 bits per heavy atom. The zero-order valence-electron chi connectivity index (χ0n) is 9.90. The summed E-state index contributed by atoms with van der Waals surface area (Å²) in [5.74, 6) is -1.02. The fraction of sp³-hybridized carbons (Fsp3) is 0.500. The summed E-state index contributed by atoms with van der Waals surface area (Å²) < 4.78 is 4.68. The van der Waals surface area contributed by atoms with Crippen LogP contribution < -0.4 is 0 Å². The monoisotopic (exact) mass is 226 g/mol. The van der Waals surface area contributed by atoms with E-state index in [4.69, 9.17) is 0 Å². The van der Waals surface area contributed by atoms with E-state index < -0.39 is 5.97 Å². The molecule has 1 atom stereocenters. The summed E-state index contributed by atoms with van der Waals surface area (Å²) in [7, 11) is 0. The summed E-state index contributed by atoms with van der Waals surface area (Å²) in [6.45, 7) is 5.43. The molecule has 0 heterocycles. The molecule has 4 nitrogen and oxygen atoms in total. The average Bonchev–Trinajstić information content (AvgIpc) is 2.25. The van der Waals surface area contributed by atoms with Crippen LogP contribution in [0.2, 0.25) is 0 Å². The first-order valence-corrected chi connectivity index (χ1v) is 5.29. The van der Waals surface area contributed by atoms with E-state index in [1.165, 1.54) is 18.2 Å². The molecule has 0 aliphatic heterocycles. The third-order valence-corrected chi connectivity index (χ3v) is 1.93. The van der Waals surface area contributed by atoms with E-state index in [1.54, 1.807) is 20.8 Å². The SMILES string of the molecule is CCOC(=O)/C=C\C(C)/C(O)=C/C(=O)CC. The van der Waals surface area contributed by atoms with Gasteiger partial charge in [-0.15, -0.1) is 0 Å². The Morgan fingerprint density at radius 1 is 1.38 bits per heavy atom. The number of hydrogen-bond acceptors (Lipinski definition) is 4. The van der Waals surface area contributed by atoms with Crippen molar-refractivity contribution in [3.63, 3.8) is 0 Å². The first kappa shape index (κ1) is 14.4. The highest BCUT2D eigenvalue weighted by Gasteiger charge is 2.06. The van der Waals surface area contributed by atoms with Gasteiger partial charge in [-0.05, 0) is 6.92 Å². The van der Waals surface area contributed by atoms with Crippen LogP contribution in [0.3, 0.4) is 0 Å². The van der Waals surface area contributed by atoms with Crippen LogP contribution in [0.4, 0.5) is 0 Å². The Hall–Kier alpha value is -1.58. The molecule has 90 valence electrons. The van der Waals surface area contributed by atoms with Gasteiger partial charge in [0.15, 0.2) is 5.78 Å². The van der Waals surface area contributed by atoms with Gasteiger partial charge in [-0.2, -0.15) is 0 Å². The fourth-order valence-electron chi connectivity index (χ4n) is 0.910. The van der Waals surface area contributed by atoms with Crippen molar-refractivity contribution in [3.8, 4) is 0 Å². The van der Waals surface area contributed by atoms with Gasteiger partial charge in [0.2, 0.25) is 0 Å². The van der Waals surface area contributed by atoms with Gasteiger partial charge in [0.1, 0.15) is 5.76 Å². The number of aliphatic hydroxyl groups excluding tert-OH is 1. The summed E-state index contributed by atoms with van der Waals surface area (Å²) in [5, 5.41) is 9.50. The highest BCUT2D eigenvalue weighted by Crippen LogP contribution is 2.09. The van der Waals surface area contributed by atoms with Crippen LogP contribution in [0.25, 0.3) is 0 Å². The Bertz CT molecular complexity index is 302. The van der Waals surface area contributed by atoms with Crippen LogP contribution in [0.15, 0.2) is 24.0 Å². The highest BCUT2D eigenvalue weighted by molar-refractivity contribution is 5.89. The van der Waals surface area contributed by atoms with Crippen LogP contribution in [0, 0.1) is 5.92 Å². The van der Waals surface area contributed by atoms with Crippen molar-refractivity contribution in [2.24, 2.45) is 5.92 Å². The number of ketones is 1. The third kappa shape index (κ3) is 6.01. The fourth-order valence-corrected chi connectivity index (χ4v) is 0.910. The van der Waals surface area contributed by atoms with Crippen LogP contribution in [-0.2, 0) is 14.3 Å². The van der Waals surface area contributed by atoms with Crippen molar-refractivity contribution in [2.45, 2.75) is 27.2 Å². The molecule has 0 saturated heterocycles. The first-order chi connectivity index (χ1) is 7.51. The van der Waals surface area contributed by atoms with E-state index in [9.17, 15) is 14.7 Å². The molecule has 0 aliphatic rings. The number of ether oxygens (including phenoxy) is 1. The van der Waals surface area contributed by atoms with Crippen molar-refractivity contribution < 1.29 is 19.4 Å². The van der Waals surface area contributed by atoms with Gasteiger partial charge in [-0.3, -0.25) is 4.79 Å². The summed E-state index contributed by atoms with van der Waals surface area (Å²) in [5.41, 5.74) is 0. The van der Waals surface area contributed by atoms with Gasteiger partial charge in [-0.25, -0.2) is 4.79 Å². The Kier molecular flexibility index (Phi) is 6.92. The molecule has 4 heteroatoms. The van der Waals surface area contributed by atoms with E-state index in [0.29, 0.717) is 13.0 Å². The maximum absolute atomic E-state index is 11.0. The van der Waals surface area contributed by atoms with E-state index in [2.05, 4.69) is 4.74 Å². The number of carbonyl (C=O) groups is 2. The van der Waals surface area contributed by atoms with Crippen molar-refractivity contribution >= 4 is 11.8 Å².